The Morgan fingerprint density at radius 2 is 2.00 bits per heavy atom. The average Bonchev–Trinajstić information content (AvgIpc) is 2.52. The molecule has 2 rings (SSSR count). The van der Waals surface area contributed by atoms with Crippen molar-refractivity contribution in [2.75, 3.05) is 25.5 Å². The fourth-order valence-corrected chi connectivity index (χ4v) is 3.13. The lowest BCUT2D eigenvalue weighted by atomic mass is 10.0. The van der Waals surface area contributed by atoms with Gasteiger partial charge in [-0.15, -0.1) is 11.8 Å². The molecule has 0 radical (unpaired) electrons. The zero-order valence-corrected chi connectivity index (χ0v) is 13.9. The lowest BCUT2D eigenvalue weighted by Gasteiger charge is -2.36. The molecule has 1 aliphatic heterocycles. The van der Waals surface area contributed by atoms with Crippen molar-refractivity contribution in [3.63, 3.8) is 0 Å². The van der Waals surface area contributed by atoms with Gasteiger partial charge in [-0.25, -0.2) is 0 Å². The second-order valence-corrected chi connectivity index (χ2v) is 6.78. The largest absolute Gasteiger partial charge is 0.411 e. The van der Waals surface area contributed by atoms with Gasteiger partial charge in [0.2, 0.25) is 5.91 Å². The predicted molar refractivity (Wildman–Crippen MR) is 83.6 cm³/mol. The molecule has 0 spiro atoms. The fraction of sp³-hybridized carbons (Fsp3) is 0.562. The van der Waals surface area contributed by atoms with Crippen molar-refractivity contribution in [3.05, 3.63) is 29.8 Å². The standard InChI is InChI=1S/C16H20F3NO2S/c1-11(2)12-3-5-13(6-4-12)23-10-15(21)20-7-8-22-9-14(20)16(17,18)19/h3-6,11,14H,7-10H2,1-2H3. The van der Waals surface area contributed by atoms with E-state index in [1.165, 1.54) is 17.3 Å². The van der Waals surface area contributed by atoms with Crippen LogP contribution in [0.2, 0.25) is 0 Å². The quantitative estimate of drug-likeness (QED) is 0.778. The van der Waals surface area contributed by atoms with E-state index in [-0.39, 0.29) is 18.9 Å². The zero-order chi connectivity index (χ0) is 17.0. The van der Waals surface area contributed by atoms with Crippen molar-refractivity contribution in [2.24, 2.45) is 0 Å². The summed E-state index contributed by atoms with van der Waals surface area (Å²) in [7, 11) is 0. The second kappa shape index (κ2) is 7.57. The minimum Gasteiger partial charge on any atom is -0.377 e. The number of amides is 1. The molecule has 1 heterocycles. The van der Waals surface area contributed by atoms with Crippen molar-refractivity contribution in [1.82, 2.24) is 4.90 Å². The van der Waals surface area contributed by atoms with Crippen LogP contribution >= 0.6 is 11.8 Å². The third-order valence-electron chi connectivity index (χ3n) is 3.74. The van der Waals surface area contributed by atoms with E-state index in [0.717, 1.165) is 9.80 Å². The maximum atomic E-state index is 13.0. The molecule has 0 saturated carbocycles. The van der Waals surface area contributed by atoms with Crippen LogP contribution in [0.25, 0.3) is 0 Å². The zero-order valence-electron chi connectivity index (χ0n) is 13.1. The van der Waals surface area contributed by atoms with Gasteiger partial charge in [-0.3, -0.25) is 4.79 Å². The fourth-order valence-electron chi connectivity index (χ4n) is 2.35. The molecular weight excluding hydrogens is 327 g/mol. The molecule has 1 amide bonds. The first kappa shape index (κ1) is 18.1. The number of benzene rings is 1. The Hall–Kier alpha value is -1.21. The summed E-state index contributed by atoms with van der Waals surface area (Å²) in [5.74, 6) is -0.0988. The van der Waals surface area contributed by atoms with Crippen LogP contribution in [0.4, 0.5) is 13.2 Å². The lowest BCUT2D eigenvalue weighted by molar-refractivity contribution is -0.212. The molecule has 0 aliphatic carbocycles. The van der Waals surface area contributed by atoms with Crippen molar-refractivity contribution in [3.8, 4) is 0 Å². The van der Waals surface area contributed by atoms with Crippen LogP contribution in [0, 0.1) is 0 Å². The molecule has 1 aromatic rings. The van der Waals surface area contributed by atoms with Gasteiger partial charge in [-0.05, 0) is 23.6 Å². The van der Waals surface area contributed by atoms with E-state index in [1.54, 1.807) is 0 Å². The number of carbonyl (C=O) groups excluding carboxylic acids is 1. The second-order valence-electron chi connectivity index (χ2n) is 5.73. The monoisotopic (exact) mass is 347 g/mol. The summed E-state index contributed by atoms with van der Waals surface area (Å²) >= 11 is 1.26. The summed E-state index contributed by atoms with van der Waals surface area (Å²) in [5.41, 5.74) is 1.19. The van der Waals surface area contributed by atoms with Gasteiger partial charge in [-0.1, -0.05) is 26.0 Å². The van der Waals surface area contributed by atoms with E-state index in [4.69, 9.17) is 4.74 Å². The number of thioether (sulfide) groups is 1. The molecule has 3 nitrogen and oxygen atoms in total. The summed E-state index contributed by atoms with van der Waals surface area (Å²) in [6, 6.07) is 5.91. The molecule has 1 atom stereocenters. The predicted octanol–water partition coefficient (Wildman–Crippen LogP) is 3.69. The average molecular weight is 347 g/mol. The van der Waals surface area contributed by atoms with Crippen molar-refractivity contribution in [1.29, 1.82) is 0 Å². The van der Waals surface area contributed by atoms with Crippen LogP contribution in [0.3, 0.4) is 0 Å². The van der Waals surface area contributed by atoms with Crippen molar-refractivity contribution >= 4 is 17.7 Å². The molecule has 0 aromatic heterocycles. The third kappa shape index (κ3) is 4.88. The summed E-state index contributed by atoms with van der Waals surface area (Å²) in [4.78, 5) is 13.9. The molecule has 0 bridgehead atoms. The molecule has 1 aromatic carbocycles. The highest BCUT2D eigenvalue weighted by molar-refractivity contribution is 8.00. The summed E-state index contributed by atoms with van der Waals surface area (Å²) in [6.07, 6.45) is -4.46. The summed E-state index contributed by atoms with van der Waals surface area (Å²) in [5, 5.41) is 0. The Morgan fingerprint density at radius 3 is 2.57 bits per heavy atom. The SMILES string of the molecule is CC(C)c1ccc(SCC(=O)N2CCOCC2C(F)(F)F)cc1. The summed E-state index contributed by atoms with van der Waals surface area (Å²) in [6.45, 7) is 3.81. The van der Waals surface area contributed by atoms with E-state index in [2.05, 4.69) is 13.8 Å². The van der Waals surface area contributed by atoms with Gasteiger partial charge in [0.1, 0.15) is 0 Å². The smallest absolute Gasteiger partial charge is 0.377 e. The first-order valence-electron chi connectivity index (χ1n) is 7.45. The normalized spacial score (nSPS) is 19.2. The maximum absolute atomic E-state index is 13.0. The Balaban J connectivity index is 1.95. The lowest BCUT2D eigenvalue weighted by Crippen LogP contribution is -2.56. The molecule has 1 fully saturated rings. The van der Waals surface area contributed by atoms with Crippen LogP contribution in [-0.4, -0.2) is 48.5 Å². The van der Waals surface area contributed by atoms with Crippen LogP contribution in [0.1, 0.15) is 25.3 Å². The van der Waals surface area contributed by atoms with Gasteiger partial charge < -0.3 is 9.64 Å². The van der Waals surface area contributed by atoms with E-state index in [9.17, 15) is 18.0 Å². The number of nitrogens with zero attached hydrogens (tertiary/aromatic N) is 1. The third-order valence-corrected chi connectivity index (χ3v) is 4.73. The molecule has 1 aliphatic rings. The minimum absolute atomic E-state index is 0.00634. The highest BCUT2D eigenvalue weighted by Crippen LogP contribution is 2.28. The first-order valence-corrected chi connectivity index (χ1v) is 8.44. The number of morpholine rings is 1. The highest BCUT2D eigenvalue weighted by atomic mass is 32.2. The molecule has 0 N–H and O–H groups in total. The maximum Gasteiger partial charge on any atom is 0.411 e. The number of alkyl halides is 3. The number of ether oxygens (including phenoxy) is 1. The number of hydrogen-bond donors (Lipinski definition) is 0. The molecule has 7 heteroatoms. The van der Waals surface area contributed by atoms with E-state index < -0.39 is 24.7 Å². The number of halogens is 3. The Labute approximate surface area is 138 Å². The molecule has 1 saturated heterocycles. The Kier molecular flexibility index (Phi) is 5.97. The Morgan fingerprint density at radius 1 is 1.35 bits per heavy atom. The van der Waals surface area contributed by atoms with Gasteiger partial charge in [0.15, 0.2) is 6.04 Å². The van der Waals surface area contributed by atoms with Crippen molar-refractivity contribution < 1.29 is 22.7 Å². The van der Waals surface area contributed by atoms with Crippen LogP contribution in [0.15, 0.2) is 29.2 Å². The summed E-state index contributed by atoms with van der Waals surface area (Å²) < 4.78 is 43.7. The van der Waals surface area contributed by atoms with E-state index >= 15 is 0 Å². The first-order chi connectivity index (χ1) is 10.8. The van der Waals surface area contributed by atoms with Crippen LogP contribution in [-0.2, 0) is 9.53 Å². The number of hydrogen-bond acceptors (Lipinski definition) is 3. The molecule has 23 heavy (non-hydrogen) atoms. The van der Waals surface area contributed by atoms with Crippen LogP contribution < -0.4 is 0 Å². The highest BCUT2D eigenvalue weighted by Gasteiger charge is 2.46. The van der Waals surface area contributed by atoms with Gasteiger partial charge >= 0.3 is 6.18 Å². The van der Waals surface area contributed by atoms with Gasteiger partial charge in [0.25, 0.3) is 0 Å². The number of rotatable bonds is 4. The van der Waals surface area contributed by atoms with Crippen molar-refractivity contribution in [2.45, 2.75) is 36.9 Å². The topological polar surface area (TPSA) is 29.5 Å². The van der Waals surface area contributed by atoms with E-state index in [1.807, 2.05) is 24.3 Å². The number of carbonyl (C=O) groups is 1. The molecule has 1 unspecified atom stereocenters. The minimum atomic E-state index is -4.46. The Bertz CT molecular complexity index is 531. The van der Waals surface area contributed by atoms with E-state index in [0.29, 0.717) is 5.92 Å². The molecular formula is C16H20F3NO2S. The van der Waals surface area contributed by atoms with Gasteiger partial charge in [0, 0.05) is 11.4 Å². The molecule has 128 valence electrons. The van der Waals surface area contributed by atoms with Gasteiger partial charge in [0.05, 0.1) is 19.0 Å². The van der Waals surface area contributed by atoms with Crippen LogP contribution in [0.5, 0.6) is 0 Å². The van der Waals surface area contributed by atoms with Gasteiger partial charge in [-0.2, -0.15) is 13.2 Å².